The third-order valence-electron chi connectivity index (χ3n) is 15.8. The molecule has 8 aromatic rings. The van der Waals surface area contributed by atoms with Gasteiger partial charge in [-0.05, 0) is 151 Å². The fourth-order valence-corrected chi connectivity index (χ4v) is 15.3. The lowest BCUT2D eigenvalue weighted by molar-refractivity contribution is -0.0454. The van der Waals surface area contributed by atoms with E-state index in [0.717, 1.165) is 23.7 Å². The van der Waals surface area contributed by atoms with Gasteiger partial charge in [-0.3, -0.25) is 0 Å². The van der Waals surface area contributed by atoms with Crippen molar-refractivity contribution in [1.82, 2.24) is 0 Å². The van der Waals surface area contributed by atoms with Gasteiger partial charge in [-0.2, -0.15) is 0 Å². The Hall–Kier alpha value is -5.50. The predicted octanol–water partition coefficient (Wildman–Crippen LogP) is 15.1. The molecule has 7 aliphatic carbocycles. The van der Waals surface area contributed by atoms with Crippen LogP contribution in [0.1, 0.15) is 48.8 Å². The molecule has 0 amide bonds. The van der Waals surface area contributed by atoms with Gasteiger partial charge in [0.2, 0.25) is 0 Å². The highest BCUT2D eigenvalue weighted by molar-refractivity contribution is 7.26. The SMILES string of the molecule is C1=CC2C(c3c4ccccc4c(-c4cccc5sc6ccccc6c45)c4ccccc34)=CC3=C(C2C=C1)C1(c2ccc4ccccc4c23)C2CC3CC(C2)CC1C3. The lowest BCUT2D eigenvalue weighted by atomic mass is 9.41. The summed E-state index contributed by atoms with van der Waals surface area (Å²) in [5.74, 6) is 3.96. The summed E-state index contributed by atoms with van der Waals surface area (Å²) in [6.45, 7) is 0. The highest BCUT2D eigenvalue weighted by Crippen LogP contribution is 2.72. The fraction of sp³-hybridized carbons (Fsp3) is 0.214. The maximum Gasteiger partial charge on any atom is 0.0361 e. The average molecular weight is 747 g/mol. The summed E-state index contributed by atoms with van der Waals surface area (Å²) in [4.78, 5) is 0. The van der Waals surface area contributed by atoms with Gasteiger partial charge >= 0.3 is 0 Å². The topological polar surface area (TPSA) is 0 Å². The van der Waals surface area contributed by atoms with E-state index in [1.165, 1.54) is 107 Å². The molecule has 0 radical (unpaired) electrons. The van der Waals surface area contributed by atoms with E-state index >= 15 is 0 Å². The molecule has 7 aliphatic rings. The van der Waals surface area contributed by atoms with Crippen molar-refractivity contribution < 1.29 is 0 Å². The largest absolute Gasteiger partial charge is 0.135 e. The zero-order valence-corrected chi connectivity index (χ0v) is 32.7. The van der Waals surface area contributed by atoms with E-state index < -0.39 is 0 Å². The molecule has 0 N–H and O–H groups in total. The van der Waals surface area contributed by atoms with Crippen LogP contribution >= 0.6 is 11.3 Å². The first-order valence-electron chi connectivity index (χ1n) is 21.4. The van der Waals surface area contributed by atoms with Crippen LogP contribution in [0.15, 0.2) is 163 Å². The summed E-state index contributed by atoms with van der Waals surface area (Å²) in [5, 5.41) is 11.0. The molecule has 0 saturated heterocycles. The number of rotatable bonds is 2. The van der Waals surface area contributed by atoms with E-state index in [-0.39, 0.29) is 11.3 Å². The van der Waals surface area contributed by atoms with E-state index in [0.29, 0.717) is 5.92 Å². The Morgan fingerprint density at radius 2 is 1.07 bits per heavy atom. The molecule has 0 aliphatic heterocycles. The van der Waals surface area contributed by atoms with Crippen LogP contribution in [0.3, 0.4) is 0 Å². The van der Waals surface area contributed by atoms with Gasteiger partial charge in [0.1, 0.15) is 0 Å². The lowest BCUT2D eigenvalue weighted by Crippen LogP contribution is -2.57. The van der Waals surface area contributed by atoms with Crippen molar-refractivity contribution in [2.24, 2.45) is 35.5 Å². The summed E-state index contributed by atoms with van der Waals surface area (Å²) in [6, 6.07) is 49.0. The number of allylic oxidation sites excluding steroid dienone is 8. The van der Waals surface area contributed by atoms with E-state index in [4.69, 9.17) is 0 Å². The van der Waals surface area contributed by atoms with E-state index in [1.54, 1.807) is 22.3 Å². The van der Waals surface area contributed by atoms with Gasteiger partial charge in [0.25, 0.3) is 0 Å². The van der Waals surface area contributed by atoms with E-state index in [9.17, 15) is 0 Å². The maximum atomic E-state index is 2.74. The first-order valence-corrected chi connectivity index (χ1v) is 22.3. The van der Waals surface area contributed by atoms with E-state index in [1.807, 2.05) is 11.3 Å². The van der Waals surface area contributed by atoms with Crippen LogP contribution in [0.25, 0.3) is 74.8 Å². The number of thiophene rings is 1. The van der Waals surface area contributed by atoms with Gasteiger partial charge in [0.05, 0.1) is 0 Å². The van der Waals surface area contributed by atoms with Crippen LogP contribution in [-0.4, -0.2) is 0 Å². The van der Waals surface area contributed by atoms with Crippen molar-refractivity contribution in [2.75, 3.05) is 0 Å². The van der Waals surface area contributed by atoms with Crippen molar-refractivity contribution in [2.45, 2.75) is 37.5 Å². The van der Waals surface area contributed by atoms with Crippen LogP contribution in [0.4, 0.5) is 0 Å². The van der Waals surface area contributed by atoms with Crippen molar-refractivity contribution >= 4 is 75.0 Å². The minimum absolute atomic E-state index is 0.137. The van der Waals surface area contributed by atoms with Crippen molar-refractivity contribution in [3.8, 4) is 11.1 Å². The minimum atomic E-state index is 0.137. The zero-order chi connectivity index (χ0) is 37.0. The molecule has 1 spiro atoms. The summed E-state index contributed by atoms with van der Waals surface area (Å²) < 4.78 is 2.71. The predicted molar refractivity (Wildman–Crippen MR) is 243 cm³/mol. The molecule has 0 nitrogen and oxygen atoms in total. The van der Waals surface area contributed by atoms with Crippen LogP contribution in [-0.2, 0) is 5.41 Å². The van der Waals surface area contributed by atoms with Gasteiger partial charge < -0.3 is 0 Å². The minimum Gasteiger partial charge on any atom is -0.135 e. The lowest BCUT2D eigenvalue weighted by Gasteiger charge is -2.63. The standard InChI is InChI=1S/C56H42S/c1-2-13-37-34(12-1)24-25-48-53(37)47-31-46(38-14-3-8-19-43(38)55(47)56(48)35-27-32-26-33(29-35)30-36(56)28-32)52-41-17-6-4-15-39(41)51(40-16-5-7-18-42(40)52)45-21-11-23-50-54(45)44-20-9-10-22-49(44)57-50/h1-25,31-33,35-36,38,43H,26-30H2. The molecule has 272 valence electrons. The number of benzene rings is 7. The fourth-order valence-electron chi connectivity index (χ4n) is 14.2. The average Bonchev–Trinajstić information content (AvgIpc) is 3.79. The highest BCUT2D eigenvalue weighted by Gasteiger charge is 2.64. The molecule has 7 aromatic carbocycles. The van der Waals surface area contributed by atoms with Gasteiger partial charge in [-0.1, -0.05) is 140 Å². The molecule has 4 bridgehead atoms. The second-order valence-electron chi connectivity index (χ2n) is 18.2. The number of hydrogen-bond donors (Lipinski definition) is 0. The zero-order valence-electron chi connectivity index (χ0n) is 31.9. The molecule has 1 heteroatoms. The molecular weight excluding hydrogens is 705 g/mol. The molecule has 1 aromatic heterocycles. The second-order valence-corrected chi connectivity index (χ2v) is 19.3. The number of fused-ring (bicyclic) bond motifs is 11. The van der Waals surface area contributed by atoms with Crippen LogP contribution in [0.2, 0.25) is 0 Å². The third kappa shape index (κ3) is 3.99. The molecule has 2 unspecified atom stereocenters. The van der Waals surface area contributed by atoms with Crippen LogP contribution < -0.4 is 0 Å². The van der Waals surface area contributed by atoms with Crippen molar-refractivity contribution in [3.05, 3.63) is 180 Å². The quantitative estimate of drug-likeness (QED) is 0.155. The molecule has 4 saturated carbocycles. The third-order valence-corrected chi connectivity index (χ3v) is 17.0. The Labute approximate surface area is 337 Å². The second kappa shape index (κ2) is 11.3. The molecule has 1 heterocycles. The summed E-state index contributed by atoms with van der Waals surface area (Å²) >= 11 is 1.91. The molecule has 57 heavy (non-hydrogen) atoms. The summed E-state index contributed by atoms with van der Waals surface area (Å²) in [7, 11) is 0. The Kier molecular flexibility index (Phi) is 6.28. The monoisotopic (exact) mass is 746 g/mol. The first kappa shape index (κ1) is 31.6. The molecular formula is C56H42S. The van der Waals surface area contributed by atoms with Crippen molar-refractivity contribution in [1.29, 1.82) is 0 Å². The highest BCUT2D eigenvalue weighted by atomic mass is 32.1. The van der Waals surface area contributed by atoms with Gasteiger partial charge in [0.15, 0.2) is 0 Å². The van der Waals surface area contributed by atoms with Gasteiger partial charge in [0, 0.05) is 37.4 Å². The Balaban J connectivity index is 1.10. The smallest absolute Gasteiger partial charge is 0.0361 e. The Bertz CT molecular complexity index is 3130. The molecule has 15 rings (SSSR count). The van der Waals surface area contributed by atoms with E-state index in [2.05, 4.69) is 158 Å². The first-order chi connectivity index (χ1) is 28.3. The van der Waals surface area contributed by atoms with Crippen molar-refractivity contribution in [3.63, 3.8) is 0 Å². The Morgan fingerprint density at radius 3 is 1.79 bits per heavy atom. The van der Waals surface area contributed by atoms with Crippen LogP contribution in [0, 0.1) is 35.5 Å². The maximum absolute atomic E-state index is 2.74. The summed E-state index contributed by atoms with van der Waals surface area (Å²) in [5.41, 5.74) is 12.3. The van der Waals surface area contributed by atoms with Gasteiger partial charge in [-0.25, -0.2) is 0 Å². The molecule has 4 fully saturated rings. The molecule has 2 atom stereocenters. The van der Waals surface area contributed by atoms with Gasteiger partial charge in [-0.15, -0.1) is 11.3 Å². The number of hydrogen-bond acceptors (Lipinski definition) is 1. The normalized spacial score (nSPS) is 28.0. The van der Waals surface area contributed by atoms with Crippen LogP contribution in [0.5, 0.6) is 0 Å². The Morgan fingerprint density at radius 1 is 0.474 bits per heavy atom. The summed E-state index contributed by atoms with van der Waals surface area (Å²) in [6.07, 6.45) is 19.8.